The van der Waals surface area contributed by atoms with Crippen molar-refractivity contribution in [3.8, 4) is 0 Å². The summed E-state index contributed by atoms with van der Waals surface area (Å²) in [5, 5.41) is 6.28. The second kappa shape index (κ2) is 7.64. The minimum Gasteiger partial charge on any atom is -0.359 e. The zero-order valence-electron chi connectivity index (χ0n) is 13.3. The van der Waals surface area contributed by atoms with Crippen LogP contribution in [0.4, 0.5) is 0 Å². The molecule has 3 unspecified atom stereocenters. The molecule has 3 rings (SSSR count). The maximum absolute atomic E-state index is 12.7. The zero-order valence-corrected chi connectivity index (χ0v) is 14.2. The summed E-state index contributed by atoms with van der Waals surface area (Å²) in [5.41, 5.74) is 0. The average Bonchev–Trinajstić information content (AvgIpc) is 2.97. The Bertz CT molecular complexity index is 396. The van der Waals surface area contributed by atoms with Gasteiger partial charge in [0, 0.05) is 32.1 Å². The molecule has 2 saturated heterocycles. The SMILES string of the molecule is CNC(=O)C1CCN(C(=O)C2CC3CCCCC3N2)CC1.Cl. The second-order valence-electron chi connectivity index (χ2n) is 6.82. The van der Waals surface area contributed by atoms with E-state index >= 15 is 0 Å². The molecular weight excluding hydrogens is 302 g/mol. The van der Waals surface area contributed by atoms with Crippen molar-refractivity contribution < 1.29 is 9.59 Å². The molecule has 2 aliphatic heterocycles. The van der Waals surface area contributed by atoms with E-state index in [-0.39, 0.29) is 36.2 Å². The average molecular weight is 330 g/mol. The van der Waals surface area contributed by atoms with Crippen LogP contribution in [0.15, 0.2) is 0 Å². The number of likely N-dealkylation sites (tertiary alicyclic amines) is 1. The molecule has 3 fully saturated rings. The molecule has 2 amide bonds. The Morgan fingerprint density at radius 3 is 2.41 bits per heavy atom. The van der Waals surface area contributed by atoms with E-state index in [0.717, 1.165) is 32.4 Å². The minimum atomic E-state index is 0. The number of carbonyl (C=O) groups is 2. The van der Waals surface area contributed by atoms with Crippen molar-refractivity contribution in [1.29, 1.82) is 0 Å². The number of piperidine rings is 1. The number of hydrogen-bond donors (Lipinski definition) is 2. The van der Waals surface area contributed by atoms with Gasteiger partial charge in [0.15, 0.2) is 0 Å². The predicted octanol–water partition coefficient (Wildman–Crippen LogP) is 1.31. The molecule has 0 spiro atoms. The van der Waals surface area contributed by atoms with Gasteiger partial charge in [0.05, 0.1) is 6.04 Å². The highest BCUT2D eigenvalue weighted by atomic mass is 35.5. The standard InChI is InChI=1S/C16H27N3O2.ClH/c1-17-15(20)11-6-8-19(9-7-11)16(21)14-10-12-4-2-3-5-13(12)18-14;/h11-14,18H,2-10H2,1H3,(H,17,20);1H. The molecule has 0 aromatic rings. The van der Waals surface area contributed by atoms with Crippen molar-refractivity contribution in [3.05, 3.63) is 0 Å². The number of carbonyl (C=O) groups excluding carboxylic acids is 2. The lowest BCUT2D eigenvalue weighted by molar-refractivity contribution is -0.137. The van der Waals surface area contributed by atoms with Crippen molar-refractivity contribution in [3.63, 3.8) is 0 Å². The number of rotatable bonds is 2. The fourth-order valence-electron chi connectivity index (χ4n) is 4.30. The molecule has 6 heteroatoms. The van der Waals surface area contributed by atoms with Crippen LogP contribution in [0.2, 0.25) is 0 Å². The van der Waals surface area contributed by atoms with Gasteiger partial charge < -0.3 is 15.5 Å². The number of halogens is 1. The van der Waals surface area contributed by atoms with Crippen molar-refractivity contribution in [2.45, 2.75) is 57.0 Å². The Labute approximate surface area is 139 Å². The van der Waals surface area contributed by atoms with Gasteiger partial charge in [-0.15, -0.1) is 12.4 Å². The van der Waals surface area contributed by atoms with E-state index in [9.17, 15) is 9.59 Å². The van der Waals surface area contributed by atoms with Crippen molar-refractivity contribution in [1.82, 2.24) is 15.5 Å². The van der Waals surface area contributed by atoms with Gasteiger partial charge in [-0.2, -0.15) is 0 Å². The molecule has 3 atom stereocenters. The van der Waals surface area contributed by atoms with E-state index in [1.807, 2.05) is 4.90 Å². The third-order valence-corrected chi connectivity index (χ3v) is 5.58. The highest BCUT2D eigenvalue weighted by Crippen LogP contribution is 2.34. The van der Waals surface area contributed by atoms with E-state index in [0.29, 0.717) is 12.0 Å². The zero-order chi connectivity index (χ0) is 14.8. The van der Waals surface area contributed by atoms with Crippen molar-refractivity contribution in [2.75, 3.05) is 20.1 Å². The van der Waals surface area contributed by atoms with Gasteiger partial charge in [0.25, 0.3) is 0 Å². The van der Waals surface area contributed by atoms with Gasteiger partial charge in [-0.05, 0) is 38.0 Å². The third kappa shape index (κ3) is 3.57. The van der Waals surface area contributed by atoms with Crippen LogP contribution in [0.25, 0.3) is 0 Å². The maximum atomic E-state index is 12.7. The fraction of sp³-hybridized carbons (Fsp3) is 0.875. The summed E-state index contributed by atoms with van der Waals surface area (Å²) >= 11 is 0. The molecule has 0 radical (unpaired) electrons. The lowest BCUT2D eigenvalue weighted by atomic mass is 9.85. The Hall–Kier alpha value is -0.810. The van der Waals surface area contributed by atoms with Crippen LogP contribution in [0.1, 0.15) is 44.9 Å². The predicted molar refractivity (Wildman–Crippen MR) is 87.9 cm³/mol. The number of nitrogens with one attached hydrogen (secondary N) is 2. The number of hydrogen-bond acceptors (Lipinski definition) is 3. The second-order valence-corrected chi connectivity index (χ2v) is 6.82. The molecule has 126 valence electrons. The molecule has 2 N–H and O–H groups in total. The van der Waals surface area contributed by atoms with Crippen LogP contribution in [0.5, 0.6) is 0 Å². The van der Waals surface area contributed by atoms with Crippen LogP contribution < -0.4 is 10.6 Å². The molecule has 2 heterocycles. The van der Waals surface area contributed by atoms with Gasteiger partial charge in [0.2, 0.25) is 11.8 Å². The lowest BCUT2D eigenvalue weighted by Crippen LogP contribution is -2.49. The van der Waals surface area contributed by atoms with Gasteiger partial charge in [-0.1, -0.05) is 12.8 Å². The molecule has 22 heavy (non-hydrogen) atoms. The number of nitrogens with zero attached hydrogens (tertiary/aromatic N) is 1. The number of fused-ring (bicyclic) bond motifs is 1. The minimum absolute atomic E-state index is 0. The molecule has 1 aliphatic carbocycles. The summed E-state index contributed by atoms with van der Waals surface area (Å²) in [7, 11) is 1.68. The fourth-order valence-corrected chi connectivity index (χ4v) is 4.30. The topological polar surface area (TPSA) is 61.4 Å². The molecule has 5 nitrogen and oxygen atoms in total. The lowest BCUT2D eigenvalue weighted by Gasteiger charge is -2.33. The Kier molecular flexibility index (Phi) is 6.09. The van der Waals surface area contributed by atoms with E-state index in [1.54, 1.807) is 7.05 Å². The summed E-state index contributed by atoms with van der Waals surface area (Å²) < 4.78 is 0. The van der Waals surface area contributed by atoms with Crippen LogP contribution in [-0.4, -0.2) is 48.9 Å². The summed E-state index contributed by atoms with van der Waals surface area (Å²) in [6.07, 6.45) is 7.73. The summed E-state index contributed by atoms with van der Waals surface area (Å²) in [4.78, 5) is 26.3. The maximum Gasteiger partial charge on any atom is 0.239 e. The first kappa shape index (κ1) is 17.5. The van der Waals surface area contributed by atoms with Gasteiger partial charge >= 0.3 is 0 Å². The number of amides is 2. The normalized spacial score (nSPS) is 32.0. The smallest absolute Gasteiger partial charge is 0.239 e. The Balaban J connectivity index is 0.00000176. The largest absolute Gasteiger partial charge is 0.359 e. The van der Waals surface area contributed by atoms with Crippen LogP contribution in [0, 0.1) is 11.8 Å². The summed E-state index contributed by atoms with van der Waals surface area (Å²) in [6, 6.07) is 0.589. The molecule has 0 aromatic carbocycles. The molecule has 0 aromatic heterocycles. The van der Waals surface area contributed by atoms with Gasteiger partial charge in [-0.25, -0.2) is 0 Å². The summed E-state index contributed by atoms with van der Waals surface area (Å²) in [6.45, 7) is 1.45. The first-order chi connectivity index (χ1) is 10.2. The van der Waals surface area contributed by atoms with E-state index in [2.05, 4.69) is 10.6 Å². The highest BCUT2D eigenvalue weighted by molar-refractivity contribution is 5.85. The van der Waals surface area contributed by atoms with E-state index in [1.165, 1.54) is 25.7 Å². The molecule has 0 bridgehead atoms. The monoisotopic (exact) mass is 329 g/mol. The molecular formula is C16H28ClN3O2. The van der Waals surface area contributed by atoms with E-state index in [4.69, 9.17) is 0 Å². The van der Waals surface area contributed by atoms with Gasteiger partial charge in [0.1, 0.15) is 0 Å². The highest BCUT2D eigenvalue weighted by Gasteiger charge is 2.40. The Morgan fingerprint density at radius 2 is 1.77 bits per heavy atom. The van der Waals surface area contributed by atoms with Crippen molar-refractivity contribution >= 4 is 24.2 Å². The third-order valence-electron chi connectivity index (χ3n) is 5.58. The van der Waals surface area contributed by atoms with Crippen molar-refractivity contribution in [2.24, 2.45) is 11.8 Å². The quantitative estimate of drug-likeness (QED) is 0.803. The first-order valence-corrected chi connectivity index (χ1v) is 8.45. The van der Waals surface area contributed by atoms with Crippen LogP contribution in [0.3, 0.4) is 0 Å². The van der Waals surface area contributed by atoms with Crippen LogP contribution in [-0.2, 0) is 9.59 Å². The summed E-state index contributed by atoms with van der Waals surface area (Å²) in [5.74, 6) is 1.17. The Morgan fingerprint density at radius 1 is 1.09 bits per heavy atom. The molecule has 1 saturated carbocycles. The van der Waals surface area contributed by atoms with E-state index < -0.39 is 0 Å². The first-order valence-electron chi connectivity index (χ1n) is 8.45. The van der Waals surface area contributed by atoms with Gasteiger partial charge in [-0.3, -0.25) is 9.59 Å². The molecule has 3 aliphatic rings. The van der Waals surface area contributed by atoms with Crippen LogP contribution >= 0.6 is 12.4 Å².